The van der Waals surface area contributed by atoms with Crippen LogP contribution in [0.25, 0.3) is 0 Å². The molecule has 1 aromatic carbocycles. The number of hydrazine groups is 1. The molecule has 0 saturated heterocycles. The van der Waals surface area contributed by atoms with E-state index in [1.54, 1.807) is 0 Å². The van der Waals surface area contributed by atoms with E-state index in [9.17, 15) is 0 Å². The van der Waals surface area contributed by atoms with Crippen LogP contribution in [0.1, 0.15) is 12.5 Å². The molecule has 0 aliphatic heterocycles. The number of benzene rings is 1. The second-order valence-electron chi connectivity index (χ2n) is 3.34. The Bertz CT molecular complexity index is 329. The van der Waals surface area contributed by atoms with Crippen LogP contribution in [0, 0.1) is 6.92 Å². The monoisotopic (exact) mass is 206 g/mol. The Morgan fingerprint density at radius 1 is 1.40 bits per heavy atom. The average Bonchev–Trinajstić information content (AvgIpc) is 2.26. The maximum atomic E-state index is 5.40. The van der Waals surface area contributed by atoms with Gasteiger partial charge in [0.15, 0.2) is 0 Å². The number of nitrogens with zero attached hydrogens (tertiary/aromatic N) is 2. The van der Waals surface area contributed by atoms with Gasteiger partial charge in [-0.25, -0.2) is 5.84 Å². The zero-order valence-electron chi connectivity index (χ0n) is 9.49. The fraction of sp³-hybridized carbons (Fsp3) is 0.364. The predicted molar refractivity (Wildman–Crippen MR) is 64.9 cm³/mol. The molecule has 4 nitrogen and oxygen atoms in total. The van der Waals surface area contributed by atoms with Gasteiger partial charge >= 0.3 is 0 Å². The van der Waals surface area contributed by atoms with Crippen molar-refractivity contribution in [1.29, 1.82) is 0 Å². The van der Waals surface area contributed by atoms with Gasteiger partial charge in [0.25, 0.3) is 0 Å². The van der Waals surface area contributed by atoms with Crippen LogP contribution in [-0.2, 0) is 0 Å². The molecule has 1 aromatic rings. The van der Waals surface area contributed by atoms with E-state index in [1.165, 1.54) is 5.56 Å². The van der Waals surface area contributed by atoms with Crippen LogP contribution >= 0.6 is 0 Å². The van der Waals surface area contributed by atoms with Crippen molar-refractivity contribution in [3.63, 3.8) is 0 Å². The first-order valence-electron chi connectivity index (χ1n) is 5.00. The first-order chi connectivity index (χ1) is 7.19. The molecule has 82 valence electrons. The summed E-state index contributed by atoms with van der Waals surface area (Å²) in [4.78, 5) is 6.17. The number of anilines is 1. The number of aryl methyl sites for hydroxylation is 1. The molecule has 0 fully saturated rings. The normalized spacial score (nSPS) is 11.3. The summed E-state index contributed by atoms with van der Waals surface area (Å²) >= 11 is 0. The third-order valence-electron chi connectivity index (χ3n) is 2.18. The topological polar surface area (TPSA) is 53.6 Å². The zero-order chi connectivity index (χ0) is 11.3. The van der Waals surface area contributed by atoms with Crippen molar-refractivity contribution in [2.24, 2.45) is 10.8 Å². The Balaban J connectivity index is 2.87. The molecular formula is C11H18N4. The molecule has 0 saturated carbocycles. The van der Waals surface area contributed by atoms with Gasteiger partial charge in [0.2, 0.25) is 5.96 Å². The molecule has 0 aliphatic rings. The van der Waals surface area contributed by atoms with Gasteiger partial charge in [-0.3, -0.25) is 10.4 Å². The molecule has 1 rings (SSSR count). The molecule has 15 heavy (non-hydrogen) atoms. The number of rotatable bonds is 2. The number of nitrogens with two attached hydrogens (primary N) is 1. The van der Waals surface area contributed by atoms with Crippen LogP contribution in [0.3, 0.4) is 0 Å². The highest BCUT2D eigenvalue weighted by Gasteiger charge is 2.05. The minimum atomic E-state index is 0.668. The Morgan fingerprint density at radius 2 is 2.00 bits per heavy atom. The minimum Gasteiger partial charge on any atom is -0.315 e. The number of nitrogens with one attached hydrogen (secondary N) is 1. The first kappa shape index (κ1) is 11.5. The van der Waals surface area contributed by atoms with Gasteiger partial charge in [0.05, 0.1) is 0 Å². The SMILES string of the molecule is CCN=C(NN)N(C)c1ccc(C)cc1. The second-order valence-corrected chi connectivity index (χ2v) is 3.34. The number of guanidine groups is 1. The molecule has 0 radical (unpaired) electrons. The summed E-state index contributed by atoms with van der Waals surface area (Å²) in [5.74, 6) is 6.07. The van der Waals surface area contributed by atoms with Crippen LogP contribution in [0.4, 0.5) is 5.69 Å². The fourth-order valence-corrected chi connectivity index (χ4v) is 1.29. The summed E-state index contributed by atoms with van der Waals surface area (Å²) in [6.07, 6.45) is 0. The molecule has 0 heterocycles. The van der Waals surface area contributed by atoms with E-state index in [1.807, 2.05) is 31.0 Å². The minimum absolute atomic E-state index is 0.668. The largest absolute Gasteiger partial charge is 0.315 e. The molecule has 0 bridgehead atoms. The van der Waals surface area contributed by atoms with Crippen molar-refractivity contribution in [2.75, 3.05) is 18.5 Å². The zero-order valence-corrected chi connectivity index (χ0v) is 9.49. The first-order valence-corrected chi connectivity index (χ1v) is 5.00. The maximum Gasteiger partial charge on any atom is 0.212 e. The summed E-state index contributed by atoms with van der Waals surface area (Å²) < 4.78 is 0. The van der Waals surface area contributed by atoms with Crippen molar-refractivity contribution in [3.8, 4) is 0 Å². The van der Waals surface area contributed by atoms with E-state index in [0.717, 1.165) is 5.69 Å². The van der Waals surface area contributed by atoms with Crippen molar-refractivity contribution in [3.05, 3.63) is 29.8 Å². The Hall–Kier alpha value is -1.55. The fourth-order valence-electron chi connectivity index (χ4n) is 1.29. The summed E-state index contributed by atoms with van der Waals surface area (Å²) in [7, 11) is 1.93. The molecule has 0 amide bonds. The van der Waals surface area contributed by atoms with Crippen LogP contribution in [0.5, 0.6) is 0 Å². The third-order valence-corrected chi connectivity index (χ3v) is 2.18. The maximum absolute atomic E-state index is 5.40. The molecule has 0 aromatic heterocycles. The van der Waals surface area contributed by atoms with E-state index in [-0.39, 0.29) is 0 Å². The van der Waals surface area contributed by atoms with Crippen LogP contribution in [0.15, 0.2) is 29.3 Å². The van der Waals surface area contributed by atoms with Crippen molar-refractivity contribution >= 4 is 11.6 Å². The molecule has 0 aliphatic carbocycles. The van der Waals surface area contributed by atoms with Crippen molar-refractivity contribution in [1.82, 2.24) is 5.43 Å². The van der Waals surface area contributed by atoms with Crippen LogP contribution in [-0.4, -0.2) is 19.6 Å². The lowest BCUT2D eigenvalue weighted by atomic mass is 10.2. The Kier molecular flexibility index (Phi) is 4.12. The van der Waals surface area contributed by atoms with Crippen LogP contribution in [0.2, 0.25) is 0 Å². The summed E-state index contributed by atoms with van der Waals surface area (Å²) in [5.41, 5.74) is 4.89. The van der Waals surface area contributed by atoms with E-state index < -0.39 is 0 Å². The third kappa shape index (κ3) is 2.95. The highest BCUT2D eigenvalue weighted by atomic mass is 15.4. The predicted octanol–water partition coefficient (Wildman–Crippen LogP) is 1.27. The average molecular weight is 206 g/mol. The smallest absolute Gasteiger partial charge is 0.212 e. The highest BCUT2D eigenvalue weighted by molar-refractivity contribution is 5.95. The lowest BCUT2D eigenvalue weighted by molar-refractivity contribution is 0.949. The van der Waals surface area contributed by atoms with E-state index in [4.69, 9.17) is 5.84 Å². The summed E-state index contributed by atoms with van der Waals surface area (Å²) in [6.45, 7) is 4.74. The van der Waals surface area contributed by atoms with Gasteiger partial charge in [-0.15, -0.1) is 0 Å². The Morgan fingerprint density at radius 3 is 2.47 bits per heavy atom. The van der Waals surface area contributed by atoms with Crippen LogP contribution < -0.4 is 16.2 Å². The van der Waals surface area contributed by atoms with Gasteiger partial charge < -0.3 is 4.90 Å². The number of aliphatic imine (C=N–C) groups is 1. The number of hydrogen-bond acceptors (Lipinski definition) is 2. The van der Waals surface area contributed by atoms with Crippen molar-refractivity contribution in [2.45, 2.75) is 13.8 Å². The lowest BCUT2D eigenvalue weighted by Gasteiger charge is -2.20. The van der Waals surface area contributed by atoms with Gasteiger partial charge in [-0.1, -0.05) is 17.7 Å². The molecule has 0 spiro atoms. The van der Waals surface area contributed by atoms with E-state index in [0.29, 0.717) is 12.5 Å². The van der Waals surface area contributed by atoms with Gasteiger partial charge in [-0.05, 0) is 26.0 Å². The molecule has 0 atom stereocenters. The Labute approximate surface area is 90.8 Å². The second kappa shape index (κ2) is 5.36. The molecule has 0 unspecified atom stereocenters. The van der Waals surface area contributed by atoms with Crippen molar-refractivity contribution < 1.29 is 0 Å². The van der Waals surface area contributed by atoms with E-state index >= 15 is 0 Å². The van der Waals surface area contributed by atoms with Gasteiger partial charge in [0.1, 0.15) is 0 Å². The highest BCUT2D eigenvalue weighted by Crippen LogP contribution is 2.13. The summed E-state index contributed by atoms with van der Waals surface area (Å²) in [6, 6.07) is 8.20. The van der Waals surface area contributed by atoms with Gasteiger partial charge in [0, 0.05) is 19.3 Å². The number of hydrogen-bond donors (Lipinski definition) is 2. The molecular weight excluding hydrogens is 188 g/mol. The van der Waals surface area contributed by atoms with E-state index in [2.05, 4.69) is 29.5 Å². The standard InChI is InChI=1S/C11H18N4/c1-4-13-11(14-12)15(3)10-7-5-9(2)6-8-10/h5-8H,4,12H2,1-3H3,(H,13,14). The quantitative estimate of drug-likeness (QED) is 0.331. The molecule has 3 N–H and O–H groups in total. The molecule has 4 heteroatoms. The summed E-state index contributed by atoms with van der Waals surface area (Å²) in [5, 5.41) is 0. The lowest BCUT2D eigenvalue weighted by Crippen LogP contribution is -2.43. The van der Waals surface area contributed by atoms with Gasteiger partial charge in [-0.2, -0.15) is 0 Å².